The smallest absolute Gasteiger partial charge is 0.230 e. The Labute approximate surface area is 154 Å². The molecule has 3 aliphatic rings. The van der Waals surface area contributed by atoms with Crippen LogP contribution in [0, 0.1) is 11.3 Å². The first-order chi connectivity index (χ1) is 12.1. The van der Waals surface area contributed by atoms with Crippen LogP contribution in [0.15, 0.2) is 0 Å². The third kappa shape index (κ3) is 3.35. The standard InChI is InChI=1S/C19H30N4OS/c1-14(2)17-16(25-21-20-17)12-22-10-8-19(13-22)7-4-9-23(18(19)24)11-15-5-3-6-15/h14-15H,3-13H2,1-2H3/t19-/m0/s1. The highest BCUT2D eigenvalue weighted by atomic mass is 32.1. The lowest BCUT2D eigenvalue weighted by Crippen LogP contribution is -2.51. The van der Waals surface area contributed by atoms with Crippen molar-refractivity contribution >= 4 is 17.4 Å². The van der Waals surface area contributed by atoms with Gasteiger partial charge in [-0.3, -0.25) is 9.69 Å². The number of likely N-dealkylation sites (tertiary alicyclic amines) is 2. The Hall–Kier alpha value is -1.01. The van der Waals surface area contributed by atoms with Gasteiger partial charge in [-0.05, 0) is 62.0 Å². The first kappa shape index (κ1) is 17.4. The molecule has 2 saturated heterocycles. The van der Waals surface area contributed by atoms with Crippen LogP contribution < -0.4 is 0 Å². The maximum Gasteiger partial charge on any atom is 0.230 e. The van der Waals surface area contributed by atoms with Gasteiger partial charge in [0.05, 0.1) is 16.0 Å². The van der Waals surface area contributed by atoms with E-state index in [4.69, 9.17) is 0 Å². The zero-order valence-electron chi connectivity index (χ0n) is 15.5. The van der Waals surface area contributed by atoms with Gasteiger partial charge in [0.25, 0.3) is 0 Å². The molecule has 0 bridgehead atoms. The molecule has 1 aromatic heterocycles. The van der Waals surface area contributed by atoms with Crippen LogP contribution in [0.1, 0.15) is 68.9 Å². The molecule has 0 radical (unpaired) electrons. The molecule has 25 heavy (non-hydrogen) atoms. The minimum absolute atomic E-state index is 0.113. The van der Waals surface area contributed by atoms with Crippen LogP contribution in [-0.2, 0) is 11.3 Å². The number of rotatable bonds is 5. The van der Waals surface area contributed by atoms with Crippen molar-refractivity contribution in [3.63, 3.8) is 0 Å². The van der Waals surface area contributed by atoms with Crippen molar-refractivity contribution in [3.05, 3.63) is 10.6 Å². The van der Waals surface area contributed by atoms with Crippen molar-refractivity contribution < 1.29 is 4.79 Å². The third-order valence-electron chi connectivity index (χ3n) is 6.46. The van der Waals surface area contributed by atoms with Crippen LogP contribution in [-0.4, -0.2) is 51.5 Å². The zero-order chi connectivity index (χ0) is 17.4. The summed E-state index contributed by atoms with van der Waals surface area (Å²) in [6.45, 7) is 9.19. The third-order valence-corrected chi connectivity index (χ3v) is 7.18. The van der Waals surface area contributed by atoms with Crippen LogP contribution in [0.3, 0.4) is 0 Å². The van der Waals surface area contributed by atoms with E-state index in [2.05, 4.69) is 33.2 Å². The van der Waals surface area contributed by atoms with Crippen molar-refractivity contribution in [1.82, 2.24) is 19.4 Å². The van der Waals surface area contributed by atoms with Gasteiger partial charge >= 0.3 is 0 Å². The fraction of sp³-hybridized carbons (Fsp3) is 0.842. The number of hydrogen-bond donors (Lipinski definition) is 0. The molecule has 2 aliphatic heterocycles. The summed E-state index contributed by atoms with van der Waals surface area (Å²) < 4.78 is 4.15. The maximum absolute atomic E-state index is 13.2. The molecule has 1 saturated carbocycles. The second-order valence-electron chi connectivity index (χ2n) is 8.63. The van der Waals surface area contributed by atoms with Gasteiger partial charge in [0, 0.05) is 26.2 Å². The lowest BCUT2D eigenvalue weighted by Gasteiger charge is -2.42. The highest BCUT2D eigenvalue weighted by molar-refractivity contribution is 7.05. The van der Waals surface area contributed by atoms with E-state index in [1.165, 1.54) is 42.1 Å². The Kier molecular flexibility index (Phi) is 4.84. The quantitative estimate of drug-likeness (QED) is 0.807. The van der Waals surface area contributed by atoms with Gasteiger partial charge in [-0.1, -0.05) is 24.8 Å². The van der Waals surface area contributed by atoms with E-state index in [9.17, 15) is 4.79 Å². The van der Waals surface area contributed by atoms with Gasteiger partial charge < -0.3 is 4.90 Å². The van der Waals surface area contributed by atoms with Crippen LogP contribution >= 0.6 is 11.5 Å². The van der Waals surface area contributed by atoms with E-state index in [-0.39, 0.29) is 5.41 Å². The molecule has 4 rings (SSSR count). The van der Waals surface area contributed by atoms with E-state index >= 15 is 0 Å². The molecule has 138 valence electrons. The second-order valence-corrected chi connectivity index (χ2v) is 9.47. The Bertz CT molecular complexity index is 627. The summed E-state index contributed by atoms with van der Waals surface area (Å²) in [5, 5.41) is 4.30. The zero-order valence-corrected chi connectivity index (χ0v) is 16.4. The summed E-state index contributed by atoms with van der Waals surface area (Å²) >= 11 is 1.52. The van der Waals surface area contributed by atoms with Crippen LogP contribution in [0.5, 0.6) is 0 Å². The fourth-order valence-electron chi connectivity index (χ4n) is 4.75. The minimum Gasteiger partial charge on any atom is -0.342 e. The molecule has 1 aliphatic carbocycles. The van der Waals surface area contributed by atoms with Gasteiger partial charge in [-0.15, -0.1) is 5.10 Å². The minimum atomic E-state index is -0.113. The van der Waals surface area contributed by atoms with E-state index in [1.54, 1.807) is 0 Å². The molecule has 1 spiro atoms. The molecule has 0 aromatic carbocycles. The monoisotopic (exact) mass is 362 g/mol. The first-order valence-electron chi connectivity index (χ1n) is 9.90. The average Bonchev–Trinajstić information content (AvgIpc) is 3.16. The van der Waals surface area contributed by atoms with Crippen molar-refractivity contribution in [2.75, 3.05) is 26.2 Å². The van der Waals surface area contributed by atoms with Crippen molar-refractivity contribution in [2.24, 2.45) is 11.3 Å². The Balaban J connectivity index is 1.41. The summed E-state index contributed by atoms with van der Waals surface area (Å²) in [5.41, 5.74) is 1.02. The van der Waals surface area contributed by atoms with Crippen LogP contribution in [0.2, 0.25) is 0 Å². The molecular weight excluding hydrogens is 332 g/mol. The van der Waals surface area contributed by atoms with Gasteiger partial charge in [-0.25, -0.2) is 0 Å². The predicted molar refractivity (Wildman–Crippen MR) is 99.5 cm³/mol. The summed E-state index contributed by atoms with van der Waals surface area (Å²) in [4.78, 5) is 19.2. The number of carbonyl (C=O) groups excluding carboxylic acids is 1. The molecule has 1 amide bonds. The highest BCUT2D eigenvalue weighted by Crippen LogP contribution is 2.42. The molecule has 3 fully saturated rings. The average molecular weight is 363 g/mol. The number of hydrogen-bond acceptors (Lipinski definition) is 5. The van der Waals surface area contributed by atoms with E-state index in [0.717, 1.165) is 57.2 Å². The highest BCUT2D eigenvalue weighted by Gasteiger charge is 2.48. The lowest BCUT2D eigenvalue weighted by molar-refractivity contribution is -0.146. The summed E-state index contributed by atoms with van der Waals surface area (Å²) in [5.74, 6) is 1.63. The number of carbonyl (C=O) groups is 1. The van der Waals surface area contributed by atoms with Crippen molar-refractivity contribution in [3.8, 4) is 0 Å². The summed E-state index contributed by atoms with van der Waals surface area (Å²) in [6, 6.07) is 0. The molecule has 1 aromatic rings. The molecule has 0 unspecified atom stereocenters. The molecule has 1 atom stereocenters. The number of aromatic nitrogens is 2. The summed E-state index contributed by atoms with van der Waals surface area (Å²) in [6.07, 6.45) is 7.26. The lowest BCUT2D eigenvalue weighted by atomic mass is 9.77. The van der Waals surface area contributed by atoms with Crippen LogP contribution in [0.4, 0.5) is 0 Å². The van der Waals surface area contributed by atoms with Crippen molar-refractivity contribution in [1.29, 1.82) is 0 Å². The number of amides is 1. The van der Waals surface area contributed by atoms with E-state index in [1.807, 2.05) is 0 Å². The van der Waals surface area contributed by atoms with E-state index < -0.39 is 0 Å². The van der Waals surface area contributed by atoms with Gasteiger partial charge in [-0.2, -0.15) is 0 Å². The Morgan fingerprint density at radius 3 is 2.80 bits per heavy atom. The van der Waals surface area contributed by atoms with Gasteiger partial charge in [0.15, 0.2) is 0 Å². The maximum atomic E-state index is 13.2. The molecule has 6 heteroatoms. The molecule has 5 nitrogen and oxygen atoms in total. The molecular formula is C19H30N4OS. The van der Waals surface area contributed by atoms with Gasteiger partial charge in [0.1, 0.15) is 0 Å². The topological polar surface area (TPSA) is 49.3 Å². The first-order valence-corrected chi connectivity index (χ1v) is 10.7. The molecule has 3 heterocycles. The predicted octanol–water partition coefficient (Wildman–Crippen LogP) is 3.28. The van der Waals surface area contributed by atoms with Crippen LogP contribution in [0.25, 0.3) is 0 Å². The summed E-state index contributed by atoms with van der Waals surface area (Å²) in [7, 11) is 0. The normalized spacial score (nSPS) is 28.3. The Morgan fingerprint density at radius 2 is 2.08 bits per heavy atom. The SMILES string of the molecule is CC(C)c1nnsc1CN1CC[C@@]2(CCCN(CC3CCC3)C2=O)C1. The number of nitrogens with zero attached hydrogens (tertiary/aromatic N) is 4. The number of piperidine rings is 1. The Morgan fingerprint density at radius 1 is 1.24 bits per heavy atom. The fourth-order valence-corrected chi connectivity index (χ4v) is 5.59. The van der Waals surface area contributed by atoms with E-state index in [0.29, 0.717) is 11.8 Å². The van der Waals surface area contributed by atoms with Gasteiger partial charge in [0.2, 0.25) is 5.91 Å². The van der Waals surface area contributed by atoms with Crippen molar-refractivity contribution in [2.45, 2.75) is 64.8 Å². The molecule has 0 N–H and O–H groups in total. The second kappa shape index (κ2) is 6.95. The largest absolute Gasteiger partial charge is 0.342 e.